The van der Waals surface area contributed by atoms with E-state index in [1.165, 1.54) is 17.2 Å². The number of nitrogens with zero attached hydrogens (tertiary/aromatic N) is 2. The Morgan fingerprint density at radius 1 is 1.28 bits per heavy atom. The fourth-order valence-electron chi connectivity index (χ4n) is 3.47. The van der Waals surface area contributed by atoms with Crippen LogP contribution in [0.4, 0.5) is 36.8 Å². The Kier molecular flexibility index (Phi) is 5.54. The number of hydrogen-bond acceptors (Lipinski definition) is 3. The molecule has 0 radical (unpaired) electrons. The van der Waals surface area contributed by atoms with Gasteiger partial charge in [0.25, 0.3) is 0 Å². The molecular weight excluding hydrogens is 404 g/mol. The van der Waals surface area contributed by atoms with Crippen molar-refractivity contribution in [1.29, 1.82) is 0 Å². The first kappa shape index (κ1) is 21.1. The number of fused-ring (bicyclic) bond motifs is 1. The van der Waals surface area contributed by atoms with E-state index < -0.39 is 36.5 Å². The molecule has 1 saturated heterocycles. The van der Waals surface area contributed by atoms with Crippen molar-refractivity contribution < 1.29 is 31.1 Å². The molecule has 3 N–H and O–H groups in total. The number of amides is 2. The van der Waals surface area contributed by atoms with Gasteiger partial charge >= 0.3 is 18.4 Å². The Hall–Kier alpha value is -2.66. The summed E-state index contributed by atoms with van der Waals surface area (Å²) in [6.45, 7) is 0.456. The number of carbonyl (C=O) groups is 1. The second-order valence-electron chi connectivity index (χ2n) is 6.88. The zero-order valence-corrected chi connectivity index (χ0v) is 15.3. The maximum Gasteiger partial charge on any atom is 0.419 e. The van der Waals surface area contributed by atoms with Crippen molar-refractivity contribution in [3.8, 4) is 0 Å². The molecule has 0 bridgehead atoms. The largest absolute Gasteiger partial charge is 0.419 e. The molecule has 0 unspecified atom stereocenters. The second-order valence-corrected chi connectivity index (χ2v) is 6.88. The van der Waals surface area contributed by atoms with E-state index in [-0.39, 0.29) is 35.7 Å². The highest BCUT2D eigenvalue weighted by molar-refractivity contribution is 5.91. The van der Waals surface area contributed by atoms with E-state index in [9.17, 15) is 31.1 Å². The van der Waals surface area contributed by atoms with Crippen LogP contribution in [0.1, 0.15) is 18.9 Å². The van der Waals surface area contributed by atoms with Gasteiger partial charge in [-0.1, -0.05) is 6.92 Å². The van der Waals surface area contributed by atoms with Gasteiger partial charge in [-0.05, 0) is 18.4 Å². The summed E-state index contributed by atoms with van der Waals surface area (Å²) in [4.78, 5) is 19.7. The summed E-state index contributed by atoms with van der Waals surface area (Å²) in [6.07, 6.45) is -6.47. The van der Waals surface area contributed by atoms with Crippen LogP contribution in [0.3, 0.4) is 0 Å². The number of urea groups is 1. The molecule has 0 aliphatic carbocycles. The number of H-pyrrole nitrogens is 1. The first-order chi connectivity index (χ1) is 13.5. The van der Waals surface area contributed by atoms with Crippen LogP contribution in [-0.4, -0.2) is 52.8 Å². The summed E-state index contributed by atoms with van der Waals surface area (Å²) < 4.78 is 77.4. The number of alkyl halides is 6. The van der Waals surface area contributed by atoms with Crippen LogP contribution in [0, 0.1) is 5.92 Å². The van der Waals surface area contributed by atoms with Gasteiger partial charge in [0, 0.05) is 36.9 Å². The molecule has 0 spiro atoms. The van der Waals surface area contributed by atoms with Gasteiger partial charge in [-0.25, -0.2) is 9.78 Å². The van der Waals surface area contributed by atoms with Gasteiger partial charge in [-0.15, -0.1) is 0 Å². The predicted molar refractivity (Wildman–Crippen MR) is 93.3 cm³/mol. The zero-order valence-electron chi connectivity index (χ0n) is 15.3. The molecule has 0 aromatic carbocycles. The van der Waals surface area contributed by atoms with Crippen LogP contribution in [0.25, 0.3) is 11.0 Å². The Morgan fingerprint density at radius 3 is 2.62 bits per heavy atom. The molecule has 2 aromatic rings. The summed E-state index contributed by atoms with van der Waals surface area (Å²) in [6, 6.07) is 0.00440. The van der Waals surface area contributed by atoms with Crippen molar-refractivity contribution in [3.63, 3.8) is 0 Å². The topological polar surface area (TPSA) is 73.1 Å². The number of rotatable bonds is 4. The van der Waals surface area contributed by atoms with Crippen LogP contribution in [0.15, 0.2) is 18.5 Å². The van der Waals surface area contributed by atoms with E-state index in [4.69, 9.17) is 0 Å². The van der Waals surface area contributed by atoms with Gasteiger partial charge in [0.15, 0.2) is 0 Å². The van der Waals surface area contributed by atoms with Crippen LogP contribution in [0.2, 0.25) is 0 Å². The third-order valence-electron chi connectivity index (χ3n) is 4.91. The summed E-state index contributed by atoms with van der Waals surface area (Å²) >= 11 is 0. The lowest BCUT2D eigenvalue weighted by molar-refractivity contribution is -0.137. The van der Waals surface area contributed by atoms with E-state index in [0.29, 0.717) is 6.42 Å². The number of hydrogen-bond donors (Lipinski definition) is 3. The SMILES string of the molecule is CC[C@@H]1CN(C(=O)NCC(F)(F)F)C[C@H]1Nc1c(C(F)(F)F)cnc2[nH]ccc12. The number of aromatic amines is 1. The number of pyridine rings is 1. The number of carbonyl (C=O) groups excluding carboxylic acids is 1. The fraction of sp³-hybridized carbons (Fsp3) is 0.529. The number of aromatic nitrogens is 2. The van der Waals surface area contributed by atoms with Gasteiger partial charge < -0.3 is 20.5 Å². The number of halogens is 6. The van der Waals surface area contributed by atoms with Gasteiger partial charge in [0.2, 0.25) is 0 Å². The highest BCUT2D eigenvalue weighted by Crippen LogP contribution is 2.39. The Morgan fingerprint density at radius 2 is 2.00 bits per heavy atom. The lowest BCUT2D eigenvalue weighted by Crippen LogP contribution is -2.43. The van der Waals surface area contributed by atoms with Gasteiger partial charge in [-0.3, -0.25) is 0 Å². The first-order valence-corrected chi connectivity index (χ1v) is 8.89. The monoisotopic (exact) mass is 423 g/mol. The van der Waals surface area contributed by atoms with Crippen LogP contribution < -0.4 is 10.6 Å². The molecule has 160 valence electrons. The van der Waals surface area contributed by atoms with Crippen molar-refractivity contribution in [2.24, 2.45) is 5.92 Å². The molecule has 3 rings (SSSR count). The van der Waals surface area contributed by atoms with Gasteiger partial charge in [0.1, 0.15) is 12.2 Å². The van der Waals surface area contributed by atoms with Crippen molar-refractivity contribution in [2.45, 2.75) is 31.7 Å². The van der Waals surface area contributed by atoms with Crippen LogP contribution in [-0.2, 0) is 6.18 Å². The molecule has 3 heterocycles. The third-order valence-corrected chi connectivity index (χ3v) is 4.91. The number of anilines is 1. The molecule has 6 nitrogen and oxygen atoms in total. The number of nitrogens with one attached hydrogen (secondary N) is 3. The molecule has 29 heavy (non-hydrogen) atoms. The molecule has 0 saturated carbocycles. The lowest BCUT2D eigenvalue weighted by atomic mass is 10.00. The standard InChI is InChI=1S/C17H19F6N5O/c1-2-9-6-28(15(29)26-8-16(18,19)20)7-12(9)27-13-10-3-4-24-14(10)25-5-11(13)17(21,22)23/h3-5,9,12H,2,6-8H2,1H3,(H,26,29)(H2,24,25,27)/t9-,12-/m1/s1. The minimum Gasteiger partial charge on any atom is -0.379 e. The van der Waals surface area contributed by atoms with Gasteiger partial charge in [-0.2, -0.15) is 26.3 Å². The molecule has 12 heteroatoms. The highest BCUT2D eigenvalue weighted by atomic mass is 19.4. The van der Waals surface area contributed by atoms with Crippen molar-refractivity contribution in [2.75, 3.05) is 25.0 Å². The Bertz CT molecular complexity index is 877. The van der Waals surface area contributed by atoms with E-state index in [2.05, 4.69) is 15.3 Å². The minimum atomic E-state index is -4.65. The molecule has 1 fully saturated rings. The molecule has 2 atom stereocenters. The van der Waals surface area contributed by atoms with Crippen molar-refractivity contribution >= 4 is 22.8 Å². The third kappa shape index (κ3) is 4.67. The maximum atomic E-state index is 13.5. The smallest absolute Gasteiger partial charge is 0.379 e. The Labute approximate surface area is 161 Å². The maximum absolute atomic E-state index is 13.5. The summed E-state index contributed by atoms with van der Waals surface area (Å²) in [7, 11) is 0. The van der Waals surface area contributed by atoms with E-state index in [1.54, 1.807) is 12.2 Å². The molecular formula is C17H19F6N5O. The lowest BCUT2D eigenvalue weighted by Gasteiger charge is -2.23. The zero-order chi connectivity index (χ0) is 21.4. The van der Waals surface area contributed by atoms with Crippen LogP contribution >= 0.6 is 0 Å². The Balaban J connectivity index is 1.82. The van der Waals surface area contributed by atoms with E-state index in [0.717, 1.165) is 6.20 Å². The highest BCUT2D eigenvalue weighted by Gasteiger charge is 2.39. The van der Waals surface area contributed by atoms with Gasteiger partial charge in [0.05, 0.1) is 11.3 Å². The van der Waals surface area contributed by atoms with Crippen molar-refractivity contribution in [3.05, 3.63) is 24.0 Å². The summed E-state index contributed by atoms with van der Waals surface area (Å²) in [5, 5.41) is 4.92. The second kappa shape index (κ2) is 7.64. The van der Waals surface area contributed by atoms with Crippen molar-refractivity contribution in [1.82, 2.24) is 20.2 Å². The molecule has 1 aliphatic rings. The average molecular weight is 423 g/mol. The quantitative estimate of drug-likeness (QED) is 0.652. The van der Waals surface area contributed by atoms with Crippen LogP contribution in [0.5, 0.6) is 0 Å². The fourth-order valence-corrected chi connectivity index (χ4v) is 3.47. The predicted octanol–water partition coefficient (Wildman–Crippen LogP) is 3.98. The first-order valence-electron chi connectivity index (χ1n) is 8.89. The average Bonchev–Trinajstić information content (AvgIpc) is 3.25. The molecule has 1 aliphatic heterocycles. The summed E-state index contributed by atoms with van der Waals surface area (Å²) in [5.41, 5.74) is -0.838. The summed E-state index contributed by atoms with van der Waals surface area (Å²) in [5.74, 6) is -0.227. The minimum absolute atomic E-state index is 0.0201. The normalized spacial score (nSPS) is 20.3. The van der Waals surface area contributed by atoms with E-state index >= 15 is 0 Å². The number of likely N-dealkylation sites (tertiary alicyclic amines) is 1. The molecule has 2 amide bonds. The molecule has 2 aromatic heterocycles. The van der Waals surface area contributed by atoms with E-state index in [1.807, 2.05) is 0 Å².